The number of thiocarbonyl (C=S) groups is 1. The first kappa shape index (κ1) is 25.0. The van der Waals surface area contributed by atoms with Crippen LogP contribution in [0.15, 0.2) is 72.9 Å². The molecule has 0 bridgehead atoms. The fourth-order valence-electron chi connectivity index (χ4n) is 3.73. The van der Waals surface area contributed by atoms with Crippen LogP contribution < -0.4 is 15.5 Å². The summed E-state index contributed by atoms with van der Waals surface area (Å²) in [4.78, 5) is 43.7. The third kappa shape index (κ3) is 5.75. The molecular weight excluding hydrogens is 504 g/mol. The topological polar surface area (TPSA) is 121 Å². The van der Waals surface area contributed by atoms with E-state index in [1.807, 2.05) is 6.07 Å². The number of pyridine rings is 1. The van der Waals surface area contributed by atoms with Gasteiger partial charge in [0.2, 0.25) is 5.91 Å². The van der Waals surface area contributed by atoms with Crippen LogP contribution in [0.4, 0.5) is 22.9 Å². The molecule has 0 radical (unpaired) electrons. The number of carbonyl (C=O) groups excluding carboxylic acids is 2. The van der Waals surface area contributed by atoms with Crippen LogP contribution in [0.25, 0.3) is 0 Å². The van der Waals surface area contributed by atoms with E-state index in [1.54, 1.807) is 53.4 Å². The maximum Gasteiger partial charge on any atom is 0.287 e. The van der Waals surface area contributed by atoms with Crippen LogP contribution in [-0.4, -0.2) is 50.9 Å². The molecule has 1 fully saturated rings. The second kappa shape index (κ2) is 11.1. The van der Waals surface area contributed by atoms with Gasteiger partial charge in [0.25, 0.3) is 11.6 Å². The summed E-state index contributed by atoms with van der Waals surface area (Å²) in [5.41, 5.74) is 1.06. The number of halogens is 1. The Morgan fingerprint density at radius 1 is 1.11 bits per heavy atom. The predicted molar refractivity (Wildman–Crippen MR) is 141 cm³/mol. The molecule has 1 aliphatic rings. The molecule has 2 amide bonds. The number of benzene rings is 2. The molecule has 0 unspecified atom stereocenters. The summed E-state index contributed by atoms with van der Waals surface area (Å²) in [6, 6.07) is 17.7. The van der Waals surface area contributed by atoms with Gasteiger partial charge in [-0.15, -0.1) is 0 Å². The highest BCUT2D eigenvalue weighted by Crippen LogP contribution is 2.27. The van der Waals surface area contributed by atoms with Gasteiger partial charge in [-0.2, -0.15) is 0 Å². The number of amides is 2. The van der Waals surface area contributed by atoms with Gasteiger partial charge in [0.15, 0.2) is 5.11 Å². The lowest BCUT2D eigenvalue weighted by atomic mass is 10.1. The Balaban J connectivity index is 1.48. The van der Waals surface area contributed by atoms with E-state index >= 15 is 0 Å². The summed E-state index contributed by atoms with van der Waals surface area (Å²) in [6.07, 6.45) is 1.05. The highest BCUT2D eigenvalue weighted by Gasteiger charge is 2.43. The summed E-state index contributed by atoms with van der Waals surface area (Å²) in [5.74, 6) is -0.205. The molecule has 12 heteroatoms. The van der Waals surface area contributed by atoms with Crippen LogP contribution in [0, 0.1) is 10.1 Å². The molecule has 10 nitrogen and oxygen atoms in total. The van der Waals surface area contributed by atoms with Gasteiger partial charge in [-0.25, -0.2) is 4.98 Å². The number of nitrogens with one attached hydrogen (secondary N) is 2. The van der Waals surface area contributed by atoms with E-state index in [1.165, 1.54) is 17.0 Å². The van der Waals surface area contributed by atoms with Crippen molar-refractivity contribution in [1.29, 1.82) is 0 Å². The summed E-state index contributed by atoms with van der Waals surface area (Å²) < 4.78 is 0. The maximum atomic E-state index is 13.4. The van der Waals surface area contributed by atoms with Crippen molar-refractivity contribution in [3.63, 3.8) is 0 Å². The van der Waals surface area contributed by atoms with Crippen molar-refractivity contribution in [1.82, 2.24) is 9.88 Å². The minimum absolute atomic E-state index is 0.110. The van der Waals surface area contributed by atoms with Crippen LogP contribution in [0.2, 0.25) is 5.02 Å². The van der Waals surface area contributed by atoms with E-state index in [-0.39, 0.29) is 29.0 Å². The lowest BCUT2D eigenvalue weighted by Crippen LogP contribution is -2.40. The smallest absolute Gasteiger partial charge is 0.287 e. The summed E-state index contributed by atoms with van der Waals surface area (Å²) >= 11 is 11.5. The number of hydrogen-bond donors (Lipinski definition) is 2. The Labute approximate surface area is 217 Å². The van der Waals surface area contributed by atoms with Gasteiger partial charge in [0, 0.05) is 29.9 Å². The van der Waals surface area contributed by atoms with Crippen LogP contribution in [0.3, 0.4) is 0 Å². The first-order valence-corrected chi connectivity index (χ1v) is 11.7. The first-order chi connectivity index (χ1) is 17.3. The molecule has 4 rings (SSSR count). The molecule has 184 valence electrons. The molecular formula is C24H21ClN6O4S. The zero-order valence-corrected chi connectivity index (χ0v) is 20.4. The summed E-state index contributed by atoms with van der Waals surface area (Å²) in [5, 5.41) is 17.5. The molecule has 1 aliphatic heterocycles. The third-order valence-corrected chi connectivity index (χ3v) is 6.13. The number of anilines is 3. The van der Waals surface area contributed by atoms with Crippen LogP contribution in [0.1, 0.15) is 6.42 Å². The number of nitrogens with zero attached hydrogens (tertiary/aromatic N) is 4. The van der Waals surface area contributed by atoms with E-state index in [9.17, 15) is 19.7 Å². The second-order valence-electron chi connectivity index (χ2n) is 7.85. The van der Waals surface area contributed by atoms with Crippen LogP contribution in [-0.2, 0) is 9.59 Å². The van der Waals surface area contributed by atoms with Crippen molar-refractivity contribution in [2.45, 2.75) is 12.5 Å². The average Bonchev–Trinajstić information content (AvgIpc) is 3.10. The lowest BCUT2D eigenvalue weighted by molar-refractivity contribution is -0.385. The zero-order chi connectivity index (χ0) is 25.7. The molecule has 0 spiro atoms. The molecule has 1 aromatic heterocycles. The predicted octanol–water partition coefficient (Wildman–Crippen LogP) is 4.09. The number of hydrogen-bond acceptors (Lipinski definition) is 7. The number of nitro groups is 1. The Morgan fingerprint density at radius 3 is 2.47 bits per heavy atom. The number of rotatable bonds is 9. The van der Waals surface area contributed by atoms with E-state index in [0.717, 1.165) is 6.20 Å². The van der Waals surface area contributed by atoms with Gasteiger partial charge in [-0.3, -0.25) is 24.6 Å². The molecule has 1 atom stereocenters. The normalized spacial score (nSPS) is 15.2. The molecule has 3 aromatic rings. The zero-order valence-electron chi connectivity index (χ0n) is 18.8. The Kier molecular flexibility index (Phi) is 7.71. The Hall–Kier alpha value is -4.09. The summed E-state index contributed by atoms with van der Waals surface area (Å²) in [7, 11) is 0. The Bertz CT molecular complexity index is 1270. The van der Waals surface area contributed by atoms with E-state index in [4.69, 9.17) is 23.8 Å². The maximum absolute atomic E-state index is 13.4. The molecule has 36 heavy (non-hydrogen) atoms. The SMILES string of the molecule is O=C(C[C@H]1C(=O)N(c2ccccc2)C(=S)N1CCNc1ccc([N+](=O)[O-])cn1)Nc1ccc(Cl)cc1. The van der Waals surface area contributed by atoms with Gasteiger partial charge in [0.1, 0.15) is 18.1 Å². The highest BCUT2D eigenvalue weighted by atomic mass is 35.5. The van der Waals surface area contributed by atoms with Crippen molar-refractivity contribution in [2.75, 3.05) is 28.6 Å². The largest absolute Gasteiger partial charge is 0.368 e. The first-order valence-electron chi connectivity index (χ1n) is 10.9. The summed E-state index contributed by atoms with van der Waals surface area (Å²) in [6.45, 7) is 0.627. The Morgan fingerprint density at radius 2 is 1.83 bits per heavy atom. The monoisotopic (exact) mass is 524 g/mol. The average molecular weight is 525 g/mol. The number of aromatic nitrogens is 1. The quantitative estimate of drug-likeness (QED) is 0.244. The van der Waals surface area contributed by atoms with Gasteiger partial charge in [-0.05, 0) is 54.7 Å². The van der Waals surface area contributed by atoms with Crippen molar-refractivity contribution in [3.05, 3.63) is 88.1 Å². The van der Waals surface area contributed by atoms with Crippen molar-refractivity contribution >= 4 is 63.6 Å². The minimum Gasteiger partial charge on any atom is -0.368 e. The number of para-hydroxylation sites is 1. The van der Waals surface area contributed by atoms with Crippen molar-refractivity contribution < 1.29 is 14.5 Å². The van der Waals surface area contributed by atoms with E-state index in [0.29, 0.717) is 35.3 Å². The van der Waals surface area contributed by atoms with Gasteiger partial charge < -0.3 is 15.5 Å². The molecule has 1 saturated heterocycles. The highest BCUT2D eigenvalue weighted by molar-refractivity contribution is 7.80. The standard InChI is InChI=1S/C24H21ClN6O4S/c25-16-6-8-17(9-7-16)28-22(32)14-20-23(33)30(18-4-2-1-3-5-18)24(36)29(20)13-12-26-21-11-10-19(15-27-21)31(34)35/h1-11,15,20H,12-14H2,(H,26,27)(H,28,32)/t20-/m0/s1. The minimum atomic E-state index is -0.809. The van der Waals surface area contributed by atoms with Gasteiger partial charge in [0.05, 0.1) is 17.0 Å². The van der Waals surface area contributed by atoms with Gasteiger partial charge >= 0.3 is 0 Å². The third-order valence-electron chi connectivity index (χ3n) is 5.46. The second-order valence-corrected chi connectivity index (χ2v) is 8.65. The molecule has 0 saturated carbocycles. The van der Waals surface area contributed by atoms with E-state index < -0.39 is 11.0 Å². The van der Waals surface area contributed by atoms with E-state index in [2.05, 4.69) is 15.6 Å². The molecule has 0 aliphatic carbocycles. The lowest BCUT2D eigenvalue weighted by Gasteiger charge is -2.24. The molecule has 2 aromatic carbocycles. The van der Waals surface area contributed by atoms with Crippen LogP contribution in [0.5, 0.6) is 0 Å². The molecule has 2 N–H and O–H groups in total. The van der Waals surface area contributed by atoms with Gasteiger partial charge in [-0.1, -0.05) is 29.8 Å². The fraction of sp³-hybridized carbons (Fsp3) is 0.167. The van der Waals surface area contributed by atoms with Crippen molar-refractivity contribution in [3.8, 4) is 0 Å². The fourth-order valence-corrected chi connectivity index (χ4v) is 4.27. The van der Waals surface area contributed by atoms with Crippen molar-refractivity contribution in [2.24, 2.45) is 0 Å². The number of carbonyl (C=O) groups is 2. The van der Waals surface area contributed by atoms with Crippen LogP contribution >= 0.6 is 23.8 Å². The molecule has 2 heterocycles.